The van der Waals surface area contributed by atoms with Gasteiger partial charge in [0.1, 0.15) is 11.9 Å². The minimum absolute atomic E-state index is 0.204. The number of anilines is 1. The topological polar surface area (TPSA) is 102 Å². The maximum Gasteiger partial charge on any atom is 0.258 e. The number of amides is 2. The molecular weight excluding hydrogens is 516 g/mol. The van der Waals surface area contributed by atoms with Gasteiger partial charge in [-0.2, -0.15) is 0 Å². The molecule has 4 heterocycles. The molecule has 3 aromatic carbocycles. The molecule has 39 heavy (non-hydrogen) atoms. The summed E-state index contributed by atoms with van der Waals surface area (Å²) < 4.78 is 18.7. The Morgan fingerprint density at radius 3 is 2.74 bits per heavy atom. The van der Waals surface area contributed by atoms with Crippen LogP contribution in [0.15, 0.2) is 66.7 Å². The molecule has 0 saturated carbocycles. The van der Waals surface area contributed by atoms with Gasteiger partial charge >= 0.3 is 0 Å². The zero-order valence-corrected chi connectivity index (χ0v) is 22.2. The minimum atomic E-state index is -0.302. The van der Waals surface area contributed by atoms with Gasteiger partial charge in [-0.25, -0.2) is 4.98 Å². The molecule has 0 radical (unpaired) electrons. The Hall–Kier alpha value is -4.31. The first-order valence-corrected chi connectivity index (χ1v) is 13.6. The van der Waals surface area contributed by atoms with E-state index in [1.54, 1.807) is 29.5 Å². The monoisotopic (exact) mass is 544 g/mol. The fourth-order valence-electron chi connectivity index (χ4n) is 4.82. The Labute approximate surface area is 229 Å². The number of nitrogens with one attached hydrogen (secondary N) is 2. The van der Waals surface area contributed by atoms with Crippen molar-refractivity contribution in [3.8, 4) is 17.2 Å². The van der Waals surface area contributed by atoms with E-state index in [9.17, 15) is 9.59 Å². The fraction of sp³-hybridized carbons (Fsp3) is 0.276. The van der Waals surface area contributed by atoms with Crippen LogP contribution in [-0.4, -0.2) is 55.8 Å². The van der Waals surface area contributed by atoms with Crippen LogP contribution >= 0.6 is 11.3 Å². The average Bonchev–Trinajstić information content (AvgIpc) is 3.40. The summed E-state index contributed by atoms with van der Waals surface area (Å²) in [4.78, 5) is 32.9. The van der Waals surface area contributed by atoms with Crippen molar-refractivity contribution in [3.63, 3.8) is 0 Å². The lowest BCUT2D eigenvalue weighted by Crippen LogP contribution is -2.57. The lowest BCUT2D eigenvalue weighted by Gasteiger charge is -2.38. The van der Waals surface area contributed by atoms with Crippen LogP contribution in [0.3, 0.4) is 0 Å². The van der Waals surface area contributed by atoms with E-state index in [0.29, 0.717) is 42.3 Å². The van der Waals surface area contributed by atoms with Crippen molar-refractivity contribution in [1.29, 1.82) is 0 Å². The second kappa shape index (κ2) is 10.8. The highest BCUT2D eigenvalue weighted by Crippen LogP contribution is 2.32. The van der Waals surface area contributed by atoms with Gasteiger partial charge < -0.3 is 29.7 Å². The molecule has 9 nitrogen and oxygen atoms in total. The lowest BCUT2D eigenvalue weighted by atomic mass is 10.0. The van der Waals surface area contributed by atoms with E-state index in [1.807, 2.05) is 42.5 Å². The van der Waals surface area contributed by atoms with Crippen molar-refractivity contribution in [3.05, 3.63) is 77.9 Å². The number of thiazole rings is 1. The van der Waals surface area contributed by atoms with Gasteiger partial charge in [0, 0.05) is 31.6 Å². The zero-order valence-electron chi connectivity index (χ0n) is 21.4. The third kappa shape index (κ3) is 5.46. The predicted octanol–water partition coefficient (Wildman–Crippen LogP) is 3.77. The van der Waals surface area contributed by atoms with E-state index in [4.69, 9.17) is 19.2 Å². The minimum Gasteiger partial charge on any atom is -0.493 e. The summed E-state index contributed by atoms with van der Waals surface area (Å²) in [7, 11) is 1.52. The van der Waals surface area contributed by atoms with Crippen LogP contribution in [0.5, 0.6) is 17.2 Å². The lowest BCUT2D eigenvalue weighted by molar-refractivity contribution is -0.123. The molecule has 4 bridgehead atoms. The number of benzene rings is 3. The number of rotatable bonds is 2. The second-order valence-corrected chi connectivity index (χ2v) is 10.5. The van der Waals surface area contributed by atoms with E-state index < -0.39 is 0 Å². The first-order valence-electron chi connectivity index (χ1n) is 12.8. The number of para-hydroxylation sites is 1. The highest BCUT2D eigenvalue weighted by Gasteiger charge is 2.34. The largest absolute Gasteiger partial charge is 0.493 e. The van der Waals surface area contributed by atoms with Gasteiger partial charge in [0.15, 0.2) is 23.2 Å². The number of carbonyl (C=O) groups excluding carboxylic acids is 2. The summed E-state index contributed by atoms with van der Waals surface area (Å²) in [5.74, 6) is 0.922. The first kappa shape index (κ1) is 25.0. The molecule has 1 aromatic heterocycles. The predicted molar refractivity (Wildman–Crippen MR) is 149 cm³/mol. The number of methoxy groups -OCH3 is 1. The quantitative estimate of drug-likeness (QED) is 0.396. The van der Waals surface area contributed by atoms with Crippen molar-refractivity contribution in [1.82, 2.24) is 15.6 Å². The molecule has 3 aliphatic rings. The Morgan fingerprint density at radius 1 is 1.08 bits per heavy atom. The van der Waals surface area contributed by atoms with Crippen molar-refractivity contribution in [2.24, 2.45) is 0 Å². The Bertz CT molecular complexity index is 1470. The van der Waals surface area contributed by atoms with E-state index in [-0.39, 0.29) is 30.6 Å². The highest BCUT2D eigenvalue weighted by molar-refractivity contribution is 7.22. The normalized spacial score (nSPS) is 19.8. The Morgan fingerprint density at radius 2 is 1.92 bits per heavy atom. The number of hydrogen-bond donors (Lipinski definition) is 2. The van der Waals surface area contributed by atoms with Crippen LogP contribution in [0.2, 0.25) is 0 Å². The SMILES string of the molecule is COc1ccc2cc1OCC(=O)NCc1ccc(cc1)O[C@@H]1CCN(c3nc4ccccc4s3)C[C@@H]1NC2=O. The van der Waals surface area contributed by atoms with Gasteiger partial charge in [-0.3, -0.25) is 9.59 Å². The molecule has 0 spiro atoms. The molecular formula is C29H28N4O5S. The summed E-state index contributed by atoms with van der Waals surface area (Å²) in [6.45, 7) is 1.46. The van der Waals surface area contributed by atoms with Gasteiger partial charge in [0.05, 0.1) is 23.4 Å². The van der Waals surface area contributed by atoms with E-state index in [2.05, 4.69) is 21.6 Å². The number of ether oxygens (including phenoxy) is 3. The number of nitrogens with zero attached hydrogens (tertiary/aromatic N) is 2. The van der Waals surface area contributed by atoms with E-state index in [1.165, 1.54) is 7.11 Å². The average molecular weight is 545 g/mol. The van der Waals surface area contributed by atoms with Crippen LogP contribution < -0.4 is 29.7 Å². The summed E-state index contributed by atoms with van der Waals surface area (Å²) in [6, 6.07) is 20.3. The van der Waals surface area contributed by atoms with Crippen molar-refractivity contribution >= 4 is 38.5 Å². The number of carbonyl (C=O) groups is 2. The maximum absolute atomic E-state index is 13.5. The first-order chi connectivity index (χ1) is 19.1. The Kier molecular flexibility index (Phi) is 6.93. The molecule has 4 aromatic rings. The molecule has 0 aliphatic carbocycles. The van der Waals surface area contributed by atoms with Crippen LogP contribution in [0.4, 0.5) is 5.13 Å². The summed E-state index contributed by atoms with van der Waals surface area (Å²) in [5.41, 5.74) is 2.30. The smallest absolute Gasteiger partial charge is 0.258 e. The molecule has 7 rings (SSSR count). The molecule has 200 valence electrons. The second-order valence-electron chi connectivity index (χ2n) is 9.51. The molecule has 1 fully saturated rings. The van der Waals surface area contributed by atoms with Crippen molar-refractivity contribution in [2.45, 2.75) is 25.1 Å². The van der Waals surface area contributed by atoms with Gasteiger partial charge in [0.25, 0.3) is 11.8 Å². The Balaban J connectivity index is 1.31. The van der Waals surface area contributed by atoms with Crippen LogP contribution in [0, 0.1) is 0 Å². The van der Waals surface area contributed by atoms with Crippen LogP contribution in [0.25, 0.3) is 10.2 Å². The molecule has 2 amide bonds. The molecule has 3 aliphatic heterocycles. The summed E-state index contributed by atoms with van der Waals surface area (Å²) in [6.07, 6.45) is 0.463. The summed E-state index contributed by atoms with van der Waals surface area (Å²) in [5, 5.41) is 6.96. The molecule has 2 N–H and O–H groups in total. The van der Waals surface area contributed by atoms with Gasteiger partial charge in [-0.15, -0.1) is 0 Å². The third-order valence-electron chi connectivity index (χ3n) is 6.90. The molecule has 2 atom stereocenters. The van der Waals surface area contributed by atoms with E-state index in [0.717, 1.165) is 27.5 Å². The zero-order chi connectivity index (χ0) is 26.8. The van der Waals surface area contributed by atoms with Crippen molar-refractivity contribution < 1.29 is 23.8 Å². The van der Waals surface area contributed by atoms with E-state index >= 15 is 0 Å². The third-order valence-corrected chi connectivity index (χ3v) is 8.00. The van der Waals surface area contributed by atoms with Gasteiger partial charge in [0.2, 0.25) is 0 Å². The van der Waals surface area contributed by atoms with Crippen LogP contribution in [-0.2, 0) is 11.3 Å². The molecule has 10 heteroatoms. The van der Waals surface area contributed by atoms with Crippen molar-refractivity contribution in [2.75, 3.05) is 31.7 Å². The molecule has 1 saturated heterocycles. The fourth-order valence-corrected chi connectivity index (χ4v) is 5.82. The standard InChI is InChI=1S/C29H28N4O5S/c1-36-24-11-8-19-14-25(24)37-17-27(34)30-15-18-6-9-20(10-7-18)38-23-12-13-33(16-22(23)31-28(19)35)29-32-21-4-2-3-5-26(21)39-29/h2-11,14,22-23H,12-13,15-17H2,1H3,(H,30,34)(H,31,35)/t22-,23+/m0/s1. The highest BCUT2D eigenvalue weighted by atomic mass is 32.1. The van der Waals surface area contributed by atoms with Gasteiger partial charge in [-0.1, -0.05) is 35.6 Å². The summed E-state index contributed by atoms with van der Waals surface area (Å²) >= 11 is 1.65. The number of aromatic nitrogens is 1. The number of hydrogen-bond acceptors (Lipinski definition) is 8. The maximum atomic E-state index is 13.5. The number of fused-ring (bicyclic) bond motifs is 8. The number of piperidine rings is 1. The molecule has 0 unspecified atom stereocenters. The van der Waals surface area contributed by atoms with Crippen LogP contribution in [0.1, 0.15) is 22.3 Å². The van der Waals surface area contributed by atoms with Gasteiger partial charge in [-0.05, 0) is 48.0 Å².